The number of nitrogens with one attached hydrogen (secondary N) is 2. The number of nitrogens with zero attached hydrogens (tertiary/aromatic N) is 1. The van der Waals surface area contributed by atoms with Crippen molar-refractivity contribution in [3.8, 4) is 0 Å². The highest BCUT2D eigenvalue weighted by Crippen LogP contribution is 2.19. The first-order chi connectivity index (χ1) is 14.1. The van der Waals surface area contributed by atoms with Crippen LogP contribution >= 0.6 is 11.6 Å². The number of rotatable bonds is 8. The normalized spacial score (nSPS) is 16.9. The van der Waals surface area contributed by atoms with Crippen molar-refractivity contribution < 1.29 is 9.59 Å². The van der Waals surface area contributed by atoms with Crippen molar-refractivity contribution in [1.82, 2.24) is 10.2 Å². The Kier molecular flexibility index (Phi) is 8.08. The lowest BCUT2D eigenvalue weighted by Gasteiger charge is -2.32. The largest absolute Gasteiger partial charge is 0.356 e. The van der Waals surface area contributed by atoms with Crippen molar-refractivity contribution in [2.75, 3.05) is 25.0 Å². The highest BCUT2D eigenvalue weighted by atomic mass is 35.5. The average Bonchev–Trinajstić information content (AvgIpc) is 2.74. The quantitative estimate of drug-likeness (QED) is 0.641. The van der Waals surface area contributed by atoms with Crippen molar-refractivity contribution in [3.63, 3.8) is 0 Å². The predicted octanol–water partition coefficient (Wildman–Crippen LogP) is 4.09. The molecule has 1 fully saturated rings. The molecular weight excluding hydrogens is 386 g/mol. The lowest BCUT2D eigenvalue weighted by molar-refractivity contribution is -0.127. The molecule has 1 aliphatic heterocycles. The molecule has 0 saturated carbocycles. The van der Waals surface area contributed by atoms with Gasteiger partial charge < -0.3 is 10.6 Å². The van der Waals surface area contributed by atoms with Gasteiger partial charge in [-0.05, 0) is 55.6 Å². The summed E-state index contributed by atoms with van der Waals surface area (Å²) in [5.74, 6) is 0.0597. The summed E-state index contributed by atoms with van der Waals surface area (Å²) in [7, 11) is 0. The molecular formula is C23H28ClN3O2. The van der Waals surface area contributed by atoms with Crippen molar-refractivity contribution in [2.45, 2.75) is 32.2 Å². The van der Waals surface area contributed by atoms with Crippen LogP contribution in [0.25, 0.3) is 0 Å². The molecule has 2 amide bonds. The zero-order chi connectivity index (χ0) is 20.5. The molecule has 2 aromatic carbocycles. The summed E-state index contributed by atoms with van der Waals surface area (Å²) in [4.78, 5) is 26.9. The Hall–Kier alpha value is -2.37. The Morgan fingerprint density at radius 2 is 1.83 bits per heavy atom. The fraction of sp³-hybridized carbons (Fsp3) is 0.391. The zero-order valence-corrected chi connectivity index (χ0v) is 17.3. The Morgan fingerprint density at radius 3 is 2.59 bits per heavy atom. The molecule has 1 saturated heterocycles. The first-order valence-electron chi connectivity index (χ1n) is 10.2. The molecule has 0 bridgehead atoms. The Morgan fingerprint density at radius 1 is 1.07 bits per heavy atom. The van der Waals surface area contributed by atoms with Crippen LogP contribution in [0.3, 0.4) is 0 Å². The Balaban J connectivity index is 1.34. The van der Waals surface area contributed by atoms with Crippen LogP contribution in [0, 0.1) is 5.92 Å². The Bertz CT molecular complexity index is 796. The highest BCUT2D eigenvalue weighted by molar-refractivity contribution is 6.30. The number of benzene rings is 2. The first kappa shape index (κ1) is 21.3. The first-order valence-corrected chi connectivity index (χ1v) is 10.6. The van der Waals surface area contributed by atoms with Crippen molar-refractivity contribution in [2.24, 2.45) is 5.92 Å². The molecule has 6 heteroatoms. The van der Waals surface area contributed by atoms with E-state index in [0.29, 0.717) is 24.4 Å². The van der Waals surface area contributed by atoms with E-state index >= 15 is 0 Å². The topological polar surface area (TPSA) is 61.4 Å². The molecule has 5 nitrogen and oxygen atoms in total. The fourth-order valence-corrected chi connectivity index (χ4v) is 3.74. The molecule has 29 heavy (non-hydrogen) atoms. The van der Waals surface area contributed by atoms with Crippen LogP contribution in [0.2, 0.25) is 5.02 Å². The van der Waals surface area contributed by atoms with E-state index in [9.17, 15) is 9.59 Å². The third-order valence-electron chi connectivity index (χ3n) is 5.13. The maximum Gasteiger partial charge on any atom is 0.224 e. The molecule has 2 aromatic rings. The van der Waals surface area contributed by atoms with E-state index in [1.807, 2.05) is 18.2 Å². The average molecular weight is 414 g/mol. The summed E-state index contributed by atoms with van der Waals surface area (Å²) in [5, 5.41) is 6.47. The molecule has 1 unspecified atom stereocenters. The van der Waals surface area contributed by atoms with Crippen LogP contribution < -0.4 is 10.6 Å². The minimum Gasteiger partial charge on any atom is -0.356 e. The zero-order valence-electron chi connectivity index (χ0n) is 16.6. The number of anilines is 1. The van der Waals surface area contributed by atoms with Crippen LogP contribution in [-0.4, -0.2) is 36.3 Å². The second kappa shape index (κ2) is 11.0. The molecule has 0 aromatic heterocycles. The number of likely N-dealkylation sites (tertiary alicyclic amines) is 1. The van der Waals surface area contributed by atoms with Gasteiger partial charge in [0.05, 0.1) is 5.92 Å². The van der Waals surface area contributed by atoms with E-state index in [1.54, 1.807) is 24.3 Å². The van der Waals surface area contributed by atoms with Gasteiger partial charge in [-0.3, -0.25) is 14.5 Å². The Labute approximate surface area is 177 Å². The summed E-state index contributed by atoms with van der Waals surface area (Å²) in [6.07, 6.45) is 2.95. The van der Waals surface area contributed by atoms with E-state index in [4.69, 9.17) is 11.6 Å². The highest BCUT2D eigenvalue weighted by Gasteiger charge is 2.25. The minimum atomic E-state index is -0.0618. The fourth-order valence-electron chi connectivity index (χ4n) is 3.62. The van der Waals surface area contributed by atoms with E-state index in [0.717, 1.165) is 38.2 Å². The van der Waals surface area contributed by atoms with Gasteiger partial charge in [0.1, 0.15) is 0 Å². The second-order valence-corrected chi connectivity index (χ2v) is 7.95. The lowest BCUT2D eigenvalue weighted by Crippen LogP contribution is -2.43. The number of carbonyl (C=O) groups is 2. The monoisotopic (exact) mass is 413 g/mol. The van der Waals surface area contributed by atoms with Gasteiger partial charge in [0.2, 0.25) is 11.8 Å². The van der Waals surface area contributed by atoms with Gasteiger partial charge in [-0.1, -0.05) is 41.9 Å². The summed E-state index contributed by atoms with van der Waals surface area (Å²) < 4.78 is 0. The van der Waals surface area contributed by atoms with Crippen molar-refractivity contribution >= 4 is 29.1 Å². The standard InChI is InChI=1S/C23H28ClN3O2/c24-20-10-12-21(13-11-20)26-22(28)9-4-14-25-23(29)19-8-5-15-27(17-19)16-18-6-2-1-3-7-18/h1-3,6-7,10-13,19H,4-5,8-9,14-17H2,(H,25,29)(H,26,28). The number of piperidine rings is 1. The third-order valence-corrected chi connectivity index (χ3v) is 5.39. The second-order valence-electron chi connectivity index (χ2n) is 7.51. The molecule has 0 aliphatic carbocycles. The van der Waals surface area contributed by atoms with Crippen molar-refractivity contribution in [1.29, 1.82) is 0 Å². The van der Waals surface area contributed by atoms with E-state index in [-0.39, 0.29) is 17.7 Å². The van der Waals surface area contributed by atoms with Crippen LogP contribution in [0.4, 0.5) is 5.69 Å². The summed E-state index contributed by atoms with van der Waals surface area (Å²) in [6.45, 7) is 3.22. The number of amides is 2. The molecule has 1 atom stereocenters. The third kappa shape index (κ3) is 7.18. The van der Waals surface area contributed by atoms with Gasteiger partial charge in [-0.2, -0.15) is 0 Å². The number of hydrogen-bond donors (Lipinski definition) is 2. The molecule has 0 spiro atoms. The minimum absolute atomic E-state index is 0.0235. The smallest absolute Gasteiger partial charge is 0.224 e. The predicted molar refractivity (Wildman–Crippen MR) is 117 cm³/mol. The van der Waals surface area contributed by atoms with Gasteiger partial charge in [-0.15, -0.1) is 0 Å². The molecule has 0 radical (unpaired) electrons. The van der Waals surface area contributed by atoms with E-state index in [2.05, 4.69) is 27.7 Å². The maximum atomic E-state index is 12.5. The van der Waals surface area contributed by atoms with Crippen LogP contribution in [0.5, 0.6) is 0 Å². The van der Waals surface area contributed by atoms with E-state index in [1.165, 1.54) is 5.56 Å². The summed E-state index contributed by atoms with van der Waals surface area (Å²) >= 11 is 5.84. The number of hydrogen-bond acceptors (Lipinski definition) is 3. The van der Waals surface area contributed by atoms with E-state index < -0.39 is 0 Å². The molecule has 1 aliphatic rings. The van der Waals surface area contributed by atoms with Crippen LogP contribution in [-0.2, 0) is 16.1 Å². The molecule has 2 N–H and O–H groups in total. The lowest BCUT2D eigenvalue weighted by atomic mass is 9.96. The van der Waals surface area contributed by atoms with Gasteiger partial charge >= 0.3 is 0 Å². The SMILES string of the molecule is O=C(CCCNC(=O)C1CCCN(Cc2ccccc2)C1)Nc1ccc(Cl)cc1. The molecule has 1 heterocycles. The molecule has 154 valence electrons. The number of halogens is 1. The van der Waals surface area contributed by atoms with Gasteiger partial charge in [-0.25, -0.2) is 0 Å². The number of carbonyl (C=O) groups excluding carboxylic acids is 2. The summed E-state index contributed by atoms with van der Waals surface area (Å²) in [5.41, 5.74) is 2.00. The molecule has 3 rings (SSSR count). The van der Waals surface area contributed by atoms with Crippen LogP contribution in [0.15, 0.2) is 54.6 Å². The van der Waals surface area contributed by atoms with Gasteiger partial charge in [0, 0.05) is 36.8 Å². The summed E-state index contributed by atoms with van der Waals surface area (Å²) in [6, 6.07) is 17.4. The maximum absolute atomic E-state index is 12.5. The van der Waals surface area contributed by atoms with Crippen LogP contribution in [0.1, 0.15) is 31.2 Å². The van der Waals surface area contributed by atoms with Gasteiger partial charge in [0.15, 0.2) is 0 Å². The van der Waals surface area contributed by atoms with Crippen molar-refractivity contribution in [3.05, 3.63) is 65.2 Å². The van der Waals surface area contributed by atoms with Gasteiger partial charge in [0.25, 0.3) is 0 Å².